The van der Waals surface area contributed by atoms with Crippen molar-refractivity contribution in [3.05, 3.63) is 35.4 Å². The van der Waals surface area contributed by atoms with Crippen LogP contribution < -0.4 is 0 Å². The summed E-state index contributed by atoms with van der Waals surface area (Å²) in [6.45, 7) is 0.476. The number of piperazine rings is 1. The fourth-order valence-electron chi connectivity index (χ4n) is 3.52. The van der Waals surface area contributed by atoms with Crippen LogP contribution in [0, 0.1) is 0 Å². The summed E-state index contributed by atoms with van der Waals surface area (Å²) in [7, 11) is 0. The van der Waals surface area contributed by atoms with Gasteiger partial charge >= 0.3 is 0 Å². The summed E-state index contributed by atoms with van der Waals surface area (Å²) < 4.78 is 0. The first-order valence-electron chi connectivity index (χ1n) is 6.90. The largest absolute Gasteiger partial charge is 0.324 e. The lowest BCUT2D eigenvalue weighted by molar-refractivity contribution is -0.165. The van der Waals surface area contributed by atoms with Crippen molar-refractivity contribution in [3.8, 4) is 0 Å². The van der Waals surface area contributed by atoms with Gasteiger partial charge in [-0.2, -0.15) is 0 Å². The fraction of sp³-hybridized carbons (Fsp3) is 0.400. The summed E-state index contributed by atoms with van der Waals surface area (Å²) in [5.74, 6) is -0.478. The van der Waals surface area contributed by atoms with Gasteiger partial charge in [-0.25, -0.2) is 0 Å². The molecule has 3 amide bonds. The number of fused-ring (bicyclic) bond motifs is 3. The molecule has 2 fully saturated rings. The molecule has 0 radical (unpaired) electrons. The van der Waals surface area contributed by atoms with E-state index in [9.17, 15) is 14.4 Å². The van der Waals surface area contributed by atoms with Crippen molar-refractivity contribution in [2.45, 2.75) is 37.9 Å². The summed E-state index contributed by atoms with van der Waals surface area (Å²) in [6, 6.07) is 6.80. The van der Waals surface area contributed by atoms with Gasteiger partial charge in [0, 0.05) is 19.4 Å². The standard InChI is InChI=1S/C15H14N2O3/c18-13-6-5-11-14(19)16-8-10-4-2-1-3-9(10)7-12(16)15(20)17(11)13/h1-4,11-12H,5-8H2/t11-,12-/m0/s1. The Hall–Kier alpha value is -2.17. The van der Waals surface area contributed by atoms with Gasteiger partial charge in [0.25, 0.3) is 5.91 Å². The van der Waals surface area contributed by atoms with Crippen molar-refractivity contribution < 1.29 is 14.4 Å². The minimum Gasteiger partial charge on any atom is -0.324 e. The van der Waals surface area contributed by atoms with E-state index in [-0.39, 0.29) is 17.7 Å². The third kappa shape index (κ3) is 1.40. The third-order valence-electron chi connectivity index (χ3n) is 4.55. The summed E-state index contributed by atoms with van der Waals surface area (Å²) >= 11 is 0. The number of nitrogens with zero attached hydrogens (tertiary/aromatic N) is 2. The van der Waals surface area contributed by atoms with E-state index in [1.807, 2.05) is 24.3 Å². The molecule has 3 aliphatic heterocycles. The molecule has 102 valence electrons. The van der Waals surface area contributed by atoms with Crippen molar-refractivity contribution in [1.29, 1.82) is 0 Å². The van der Waals surface area contributed by atoms with E-state index in [0.717, 1.165) is 11.1 Å². The molecule has 5 nitrogen and oxygen atoms in total. The van der Waals surface area contributed by atoms with Crippen LogP contribution in [0.5, 0.6) is 0 Å². The normalized spacial score (nSPS) is 28.3. The highest BCUT2D eigenvalue weighted by Gasteiger charge is 2.52. The molecule has 0 N–H and O–H groups in total. The van der Waals surface area contributed by atoms with Crippen LogP contribution in [0.2, 0.25) is 0 Å². The van der Waals surface area contributed by atoms with Crippen LogP contribution in [0.25, 0.3) is 0 Å². The van der Waals surface area contributed by atoms with E-state index in [1.54, 1.807) is 4.90 Å². The Kier molecular flexibility index (Phi) is 2.28. The van der Waals surface area contributed by atoms with E-state index in [4.69, 9.17) is 0 Å². The SMILES string of the molecule is O=C1[C@@H]2CCC(=O)N2C(=O)[C@@H]2Cc3ccccc3CN12. The topological polar surface area (TPSA) is 57.7 Å². The van der Waals surface area contributed by atoms with Crippen molar-refractivity contribution in [2.75, 3.05) is 0 Å². The number of rotatable bonds is 0. The minimum absolute atomic E-state index is 0.0741. The first-order chi connectivity index (χ1) is 9.66. The molecule has 5 heteroatoms. The average Bonchev–Trinajstić information content (AvgIpc) is 2.85. The monoisotopic (exact) mass is 270 g/mol. The van der Waals surface area contributed by atoms with E-state index >= 15 is 0 Å². The Morgan fingerprint density at radius 3 is 2.50 bits per heavy atom. The second kappa shape index (κ2) is 3.91. The number of amides is 3. The smallest absolute Gasteiger partial charge is 0.253 e. The lowest BCUT2D eigenvalue weighted by Gasteiger charge is -2.44. The number of benzene rings is 1. The van der Waals surface area contributed by atoms with Gasteiger partial charge in [-0.3, -0.25) is 19.3 Å². The van der Waals surface area contributed by atoms with Gasteiger partial charge in [0.2, 0.25) is 11.8 Å². The number of imide groups is 1. The van der Waals surface area contributed by atoms with Crippen LogP contribution >= 0.6 is 0 Å². The van der Waals surface area contributed by atoms with Gasteiger partial charge in [-0.1, -0.05) is 24.3 Å². The predicted octanol–water partition coefficient (Wildman–Crippen LogP) is 0.471. The second-order valence-electron chi connectivity index (χ2n) is 5.61. The van der Waals surface area contributed by atoms with Crippen LogP contribution in [0.1, 0.15) is 24.0 Å². The first-order valence-corrected chi connectivity index (χ1v) is 6.90. The highest BCUT2D eigenvalue weighted by atomic mass is 16.2. The Labute approximate surface area is 116 Å². The Balaban J connectivity index is 1.76. The highest BCUT2D eigenvalue weighted by molar-refractivity contribution is 6.08. The summed E-state index contributed by atoms with van der Waals surface area (Å²) in [6.07, 6.45) is 1.28. The first kappa shape index (κ1) is 11.6. The molecule has 0 unspecified atom stereocenters. The van der Waals surface area contributed by atoms with Crippen LogP contribution in [0.4, 0.5) is 0 Å². The molecule has 2 atom stereocenters. The van der Waals surface area contributed by atoms with E-state index in [0.29, 0.717) is 25.8 Å². The van der Waals surface area contributed by atoms with E-state index in [2.05, 4.69) is 0 Å². The van der Waals surface area contributed by atoms with Crippen LogP contribution in [-0.2, 0) is 27.3 Å². The predicted molar refractivity (Wildman–Crippen MR) is 69.4 cm³/mol. The zero-order chi connectivity index (χ0) is 13.9. The molecular weight excluding hydrogens is 256 g/mol. The van der Waals surface area contributed by atoms with Crippen molar-refractivity contribution in [2.24, 2.45) is 0 Å². The molecule has 20 heavy (non-hydrogen) atoms. The molecule has 0 aliphatic carbocycles. The molecule has 2 saturated heterocycles. The van der Waals surface area contributed by atoms with Gasteiger partial charge in [0.1, 0.15) is 12.1 Å². The zero-order valence-corrected chi connectivity index (χ0v) is 10.9. The Morgan fingerprint density at radius 2 is 1.70 bits per heavy atom. The quantitative estimate of drug-likeness (QED) is 0.644. The highest BCUT2D eigenvalue weighted by Crippen LogP contribution is 2.33. The molecule has 4 rings (SSSR count). The number of carbonyl (C=O) groups is 3. The van der Waals surface area contributed by atoms with Crippen LogP contribution in [0.3, 0.4) is 0 Å². The minimum atomic E-state index is -0.559. The molecule has 0 saturated carbocycles. The van der Waals surface area contributed by atoms with Gasteiger partial charge in [0.15, 0.2) is 0 Å². The third-order valence-corrected chi connectivity index (χ3v) is 4.55. The lowest BCUT2D eigenvalue weighted by Crippen LogP contribution is -2.64. The summed E-state index contributed by atoms with van der Waals surface area (Å²) in [5.41, 5.74) is 2.20. The van der Waals surface area contributed by atoms with Crippen molar-refractivity contribution in [1.82, 2.24) is 9.80 Å². The van der Waals surface area contributed by atoms with E-state index < -0.39 is 12.1 Å². The number of hydrogen-bond donors (Lipinski definition) is 0. The average molecular weight is 270 g/mol. The molecule has 1 aromatic carbocycles. The molecular formula is C15H14N2O3. The van der Waals surface area contributed by atoms with Crippen LogP contribution in [0.15, 0.2) is 24.3 Å². The number of carbonyl (C=O) groups excluding carboxylic acids is 3. The van der Waals surface area contributed by atoms with E-state index in [1.165, 1.54) is 4.90 Å². The molecule has 0 aromatic heterocycles. The number of hydrogen-bond acceptors (Lipinski definition) is 3. The molecule has 1 aromatic rings. The molecule has 0 bridgehead atoms. The summed E-state index contributed by atoms with van der Waals surface area (Å²) in [4.78, 5) is 39.7. The van der Waals surface area contributed by atoms with Crippen molar-refractivity contribution in [3.63, 3.8) is 0 Å². The molecule has 3 aliphatic rings. The fourth-order valence-corrected chi connectivity index (χ4v) is 3.52. The van der Waals surface area contributed by atoms with Crippen molar-refractivity contribution >= 4 is 17.7 Å². The summed E-state index contributed by atoms with van der Waals surface area (Å²) in [5, 5.41) is 0. The maximum absolute atomic E-state index is 12.5. The van der Waals surface area contributed by atoms with Gasteiger partial charge in [0.05, 0.1) is 0 Å². The van der Waals surface area contributed by atoms with Gasteiger partial charge in [-0.15, -0.1) is 0 Å². The Bertz CT molecular complexity index is 640. The maximum Gasteiger partial charge on any atom is 0.253 e. The zero-order valence-electron chi connectivity index (χ0n) is 10.9. The van der Waals surface area contributed by atoms with Gasteiger partial charge < -0.3 is 4.90 Å². The maximum atomic E-state index is 12.5. The Morgan fingerprint density at radius 1 is 0.950 bits per heavy atom. The lowest BCUT2D eigenvalue weighted by atomic mass is 9.90. The van der Waals surface area contributed by atoms with Crippen LogP contribution in [-0.4, -0.2) is 39.6 Å². The van der Waals surface area contributed by atoms with Gasteiger partial charge in [-0.05, 0) is 17.5 Å². The second-order valence-corrected chi connectivity index (χ2v) is 5.61. The molecule has 3 heterocycles. The molecule has 0 spiro atoms.